The maximum absolute atomic E-state index is 3.32. The molecule has 0 heterocycles. The monoisotopic (exact) mass is 231 g/mol. The standard InChI is InChI=1S/C14H12.V/c1-11-5-3-7-13(9-11)14-8-4-6-12(2)10-14;/h3-7,10H,1-2H3;/q-2;+2. The molecule has 0 amide bonds. The Hall–Kier alpha value is -0.976. The van der Waals surface area contributed by atoms with Gasteiger partial charge in [0.05, 0.1) is 0 Å². The van der Waals surface area contributed by atoms with Gasteiger partial charge >= 0.3 is 18.6 Å². The number of hydrogen-bond donors (Lipinski definition) is 0. The van der Waals surface area contributed by atoms with E-state index in [1.54, 1.807) is 0 Å². The Kier molecular flexibility index (Phi) is 4.20. The quantitative estimate of drug-likeness (QED) is 0.658. The van der Waals surface area contributed by atoms with Gasteiger partial charge in [-0.2, -0.15) is 36.4 Å². The predicted octanol–water partition coefficient (Wildman–Crippen LogP) is 3.57. The van der Waals surface area contributed by atoms with Gasteiger partial charge < -0.3 is 0 Å². The molecule has 0 saturated heterocycles. The molecule has 2 aromatic rings. The smallest absolute Gasteiger partial charge is 0.226 e. The van der Waals surface area contributed by atoms with Crippen molar-refractivity contribution >= 4 is 0 Å². The van der Waals surface area contributed by atoms with Crippen LogP contribution in [-0.2, 0) is 18.6 Å². The van der Waals surface area contributed by atoms with Crippen LogP contribution in [-0.4, -0.2) is 0 Å². The molecule has 73 valence electrons. The summed E-state index contributed by atoms with van der Waals surface area (Å²) in [5.41, 5.74) is 4.66. The van der Waals surface area contributed by atoms with Gasteiger partial charge in [0.1, 0.15) is 0 Å². The van der Waals surface area contributed by atoms with Crippen molar-refractivity contribution in [3.63, 3.8) is 0 Å². The molecule has 0 unspecified atom stereocenters. The number of aryl methyl sites for hydroxylation is 2. The first-order valence-electron chi connectivity index (χ1n) is 4.73. The first-order chi connectivity index (χ1) is 6.75. The third-order valence-electron chi connectivity index (χ3n) is 2.19. The zero-order valence-corrected chi connectivity index (χ0v) is 10.3. The van der Waals surface area contributed by atoms with Gasteiger partial charge in [0.25, 0.3) is 0 Å². The van der Waals surface area contributed by atoms with Crippen molar-refractivity contribution in [3.05, 3.63) is 59.7 Å². The van der Waals surface area contributed by atoms with Crippen LogP contribution < -0.4 is 0 Å². The average molecular weight is 231 g/mol. The van der Waals surface area contributed by atoms with Gasteiger partial charge in [-0.3, -0.25) is 0 Å². The Balaban J connectivity index is 0.00000112. The Labute approximate surface area is 103 Å². The van der Waals surface area contributed by atoms with Crippen molar-refractivity contribution < 1.29 is 18.6 Å². The second-order valence-corrected chi connectivity index (χ2v) is 3.53. The summed E-state index contributed by atoms with van der Waals surface area (Å²) < 4.78 is 0. The Bertz CT molecular complexity index is 403. The van der Waals surface area contributed by atoms with Crippen molar-refractivity contribution in [2.24, 2.45) is 0 Å². The van der Waals surface area contributed by atoms with Crippen LogP contribution in [0.2, 0.25) is 0 Å². The third-order valence-corrected chi connectivity index (χ3v) is 2.19. The SMILES string of the molecule is Cc1[c-]c(-c2[c-]ccc(C)c2)ccc1.[V+2]. The van der Waals surface area contributed by atoms with E-state index in [0.29, 0.717) is 0 Å². The maximum Gasteiger partial charge on any atom is 2.00 e. The molecule has 0 fully saturated rings. The summed E-state index contributed by atoms with van der Waals surface area (Å²) in [5.74, 6) is 0. The van der Waals surface area contributed by atoms with E-state index in [4.69, 9.17) is 0 Å². The fraction of sp³-hybridized carbons (Fsp3) is 0.143. The molecule has 1 heteroatoms. The van der Waals surface area contributed by atoms with Gasteiger partial charge in [0.2, 0.25) is 0 Å². The van der Waals surface area contributed by atoms with Crippen LogP contribution in [0.25, 0.3) is 11.1 Å². The zero-order valence-electron chi connectivity index (χ0n) is 8.91. The topological polar surface area (TPSA) is 0 Å². The summed E-state index contributed by atoms with van der Waals surface area (Å²) in [6, 6.07) is 18.9. The fourth-order valence-corrected chi connectivity index (χ4v) is 1.48. The molecule has 2 aromatic carbocycles. The maximum atomic E-state index is 3.32. The van der Waals surface area contributed by atoms with Crippen molar-refractivity contribution in [3.8, 4) is 11.1 Å². The molecule has 0 aromatic heterocycles. The minimum atomic E-state index is 0. The van der Waals surface area contributed by atoms with Gasteiger partial charge in [-0.05, 0) is 0 Å². The Morgan fingerprint density at radius 1 is 1.00 bits per heavy atom. The predicted molar refractivity (Wildman–Crippen MR) is 59.0 cm³/mol. The number of hydrogen-bond acceptors (Lipinski definition) is 0. The van der Waals surface area contributed by atoms with Crippen LogP contribution >= 0.6 is 0 Å². The fourth-order valence-electron chi connectivity index (χ4n) is 1.48. The van der Waals surface area contributed by atoms with Gasteiger partial charge in [-0.25, -0.2) is 11.1 Å². The van der Waals surface area contributed by atoms with Crippen LogP contribution in [0, 0.1) is 26.0 Å². The summed E-state index contributed by atoms with van der Waals surface area (Å²) in [5, 5.41) is 0. The molecule has 0 bridgehead atoms. The zero-order chi connectivity index (χ0) is 9.97. The number of benzene rings is 2. The van der Waals surface area contributed by atoms with E-state index < -0.39 is 0 Å². The van der Waals surface area contributed by atoms with Gasteiger partial charge in [0, 0.05) is 0 Å². The van der Waals surface area contributed by atoms with Crippen LogP contribution in [0.3, 0.4) is 0 Å². The molecule has 0 nitrogen and oxygen atoms in total. The van der Waals surface area contributed by atoms with Crippen molar-refractivity contribution in [2.75, 3.05) is 0 Å². The molecule has 0 aliphatic heterocycles. The molecule has 0 aliphatic rings. The van der Waals surface area contributed by atoms with E-state index in [9.17, 15) is 0 Å². The summed E-state index contributed by atoms with van der Waals surface area (Å²) >= 11 is 0. The number of rotatable bonds is 1. The third kappa shape index (κ3) is 2.99. The minimum Gasteiger partial charge on any atom is -0.226 e. The molecule has 0 atom stereocenters. The largest absolute Gasteiger partial charge is 2.00 e. The minimum absolute atomic E-state index is 0. The molecular formula is C14H12V. The van der Waals surface area contributed by atoms with Crippen molar-refractivity contribution in [1.82, 2.24) is 0 Å². The van der Waals surface area contributed by atoms with Crippen LogP contribution in [0.5, 0.6) is 0 Å². The van der Waals surface area contributed by atoms with E-state index >= 15 is 0 Å². The summed E-state index contributed by atoms with van der Waals surface area (Å²) in [7, 11) is 0. The molecule has 1 radical (unpaired) electrons. The molecule has 0 spiro atoms. The first kappa shape index (κ1) is 12.1. The molecular weight excluding hydrogens is 219 g/mol. The van der Waals surface area contributed by atoms with Gasteiger partial charge in [-0.1, -0.05) is 13.8 Å². The van der Waals surface area contributed by atoms with E-state index in [0.717, 1.165) is 16.7 Å². The summed E-state index contributed by atoms with van der Waals surface area (Å²) in [6.07, 6.45) is 0. The van der Waals surface area contributed by atoms with Crippen LogP contribution in [0.4, 0.5) is 0 Å². The summed E-state index contributed by atoms with van der Waals surface area (Å²) in [6.45, 7) is 4.15. The van der Waals surface area contributed by atoms with Crippen LogP contribution in [0.15, 0.2) is 36.4 Å². The first-order valence-corrected chi connectivity index (χ1v) is 4.73. The molecule has 2 rings (SSSR count). The van der Waals surface area contributed by atoms with E-state index in [1.807, 2.05) is 6.07 Å². The molecule has 0 saturated carbocycles. The van der Waals surface area contributed by atoms with Crippen molar-refractivity contribution in [1.29, 1.82) is 0 Å². The van der Waals surface area contributed by atoms with Gasteiger partial charge in [0.15, 0.2) is 0 Å². The van der Waals surface area contributed by atoms with Crippen molar-refractivity contribution in [2.45, 2.75) is 13.8 Å². The van der Waals surface area contributed by atoms with E-state index in [-0.39, 0.29) is 18.6 Å². The van der Waals surface area contributed by atoms with Crippen LogP contribution in [0.1, 0.15) is 11.1 Å². The average Bonchev–Trinajstić information content (AvgIpc) is 2.18. The molecule has 0 aliphatic carbocycles. The van der Waals surface area contributed by atoms with E-state index in [1.165, 1.54) is 5.56 Å². The molecule has 0 N–H and O–H groups in total. The second-order valence-electron chi connectivity index (χ2n) is 3.53. The molecule has 15 heavy (non-hydrogen) atoms. The van der Waals surface area contributed by atoms with Gasteiger partial charge in [-0.15, -0.1) is 23.3 Å². The summed E-state index contributed by atoms with van der Waals surface area (Å²) in [4.78, 5) is 0. The normalized spacial score (nSPS) is 9.47. The van der Waals surface area contributed by atoms with E-state index in [2.05, 4.69) is 56.3 Å². The Morgan fingerprint density at radius 3 is 2.47 bits per heavy atom. The second kappa shape index (κ2) is 5.20. The Morgan fingerprint density at radius 2 is 1.80 bits per heavy atom.